The number of ether oxygens (including phenoxy) is 1. The van der Waals surface area contributed by atoms with Crippen molar-refractivity contribution in [3.63, 3.8) is 0 Å². The van der Waals surface area contributed by atoms with Gasteiger partial charge in [-0.25, -0.2) is 9.97 Å². The van der Waals surface area contributed by atoms with Crippen LogP contribution in [-0.2, 0) is 11.2 Å². The number of halogens is 1. The highest BCUT2D eigenvalue weighted by atomic mass is 79.9. The van der Waals surface area contributed by atoms with Crippen LogP contribution in [0.25, 0.3) is 33.4 Å². The van der Waals surface area contributed by atoms with Crippen molar-refractivity contribution < 1.29 is 9.53 Å². The van der Waals surface area contributed by atoms with Crippen molar-refractivity contribution in [1.29, 1.82) is 0 Å². The van der Waals surface area contributed by atoms with Gasteiger partial charge < -0.3 is 4.74 Å². The fourth-order valence-corrected chi connectivity index (χ4v) is 3.99. The lowest BCUT2D eigenvalue weighted by molar-refractivity contribution is -0.133. The Morgan fingerprint density at radius 3 is 2.53 bits per heavy atom. The molecule has 0 fully saturated rings. The second-order valence-electron chi connectivity index (χ2n) is 7.01. The molecule has 0 radical (unpaired) electrons. The zero-order valence-corrected chi connectivity index (χ0v) is 18.2. The molecule has 2 aromatic carbocycles. The second kappa shape index (κ2) is 7.25. The number of para-hydroxylation sites is 2. The fraction of sp³-hybridized carbons (Fsp3) is 0.174. The van der Waals surface area contributed by atoms with E-state index in [9.17, 15) is 4.79 Å². The van der Waals surface area contributed by atoms with Crippen molar-refractivity contribution in [3.05, 3.63) is 65.0 Å². The van der Waals surface area contributed by atoms with E-state index in [1.807, 2.05) is 59.3 Å². The normalized spacial score (nSPS) is 11.6. The zero-order valence-electron chi connectivity index (χ0n) is 16.6. The molecule has 0 aliphatic heterocycles. The number of imidazole rings is 1. The van der Waals surface area contributed by atoms with Gasteiger partial charge in [-0.15, -0.1) is 0 Å². The average Bonchev–Trinajstić information content (AvgIpc) is 3.32. The summed E-state index contributed by atoms with van der Waals surface area (Å²) in [6.45, 7) is 3.86. The van der Waals surface area contributed by atoms with E-state index in [0.717, 1.165) is 50.1 Å². The number of carbonyl (C=O) groups excluding carboxylic acids is 1. The van der Waals surface area contributed by atoms with Gasteiger partial charge in [0.05, 0.1) is 17.2 Å². The van der Waals surface area contributed by atoms with E-state index >= 15 is 0 Å². The summed E-state index contributed by atoms with van der Waals surface area (Å²) in [6.07, 6.45) is 2.85. The van der Waals surface area contributed by atoms with Crippen LogP contribution in [0.3, 0.4) is 0 Å². The average molecular weight is 463 g/mol. The highest BCUT2D eigenvalue weighted by molar-refractivity contribution is 9.10. The molecule has 0 saturated carbocycles. The summed E-state index contributed by atoms with van der Waals surface area (Å²) in [6, 6.07) is 15.9. The molecule has 0 spiro atoms. The Labute approximate surface area is 181 Å². The summed E-state index contributed by atoms with van der Waals surface area (Å²) < 4.78 is 10.7. The smallest absolute Gasteiger partial charge is 0.310 e. The van der Waals surface area contributed by atoms with Crippen molar-refractivity contribution in [2.24, 2.45) is 0 Å². The SMILES string of the molecule is CCC(=O)Oc1cn(-c2ccc(Br)cc2)c2nc(CC)n3c4ccccc4nc3c12. The van der Waals surface area contributed by atoms with Crippen LogP contribution in [0, 0.1) is 0 Å². The summed E-state index contributed by atoms with van der Waals surface area (Å²) in [5.41, 5.74) is 4.26. The maximum absolute atomic E-state index is 12.2. The molecule has 30 heavy (non-hydrogen) atoms. The van der Waals surface area contributed by atoms with E-state index in [2.05, 4.69) is 27.3 Å². The number of benzene rings is 2. The molecule has 5 rings (SSSR count). The molecular formula is C23H19BrN4O2. The predicted octanol–water partition coefficient (Wildman–Crippen LogP) is 5.47. The number of aromatic nitrogens is 4. The van der Waals surface area contributed by atoms with E-state index in [0.29, 0.717) is 5.75 Å². The Morgan fingerprint density at radius 2 is 1.80 bits per heavy atom. The molecule has 0 saturated heterocycles. The zero-order chi connectivity index (χ0) is 20.8. The minimum atomic E-state index is -0.293. The molecular weight excluding hydrogens is 444 g/mol. The van der Waals surface area contributed by atoms with Crippen LogP contribution < -0.4 is 4.74 Å². The van der Waals surface area contributed by atoms with Crippen molar-refractivity contribution >= 4 is 49.6 Å². The molecule has 0 atom stereocenters. The first-order valence-electron chi connectivity index (χ1n) is 9.88. The highest BCUT2D eigenvalue weighted by Gasteiger charge is 2.22. The molecule has 3 heterocycles. The standard InChI is InChI=1S/C23H19BrN4O2/c1-3-19-26-22-21(23-25-16-7-5-6-8-17(16)28(19)23)18(30-20(29)4-2)13-27(22)15-11-9-14(24)10-12-15/h5-13H,3-4H2,1-2H3. The van der Waals surface area contributed by atoms with Gasteiger partial charge in [-0.1, -0.05) is 41.9 Å². The van der Waals surface area contributed by atoms with Gasteiger partial charge in [0.1, 0.15) is 11.2 Å². The summed E-state index contributed by atoms with van der Waals surface area (Å²) in [7, 11) is 0. The third kappa shape index (κ3) is 2.89. The minimum Gasteiger partial charge on any atom is -0.424 e. The minimum absolute atomic E-state index is 0.290. The molecule has 0 amide bonds. The fourth-order valence-electron chi connectivity index (χ4n) is 3.73. The Bertz CT molecular complexity index is 1420. The number of hydrogen-bond donors (Lipinski definition) is 0. The van der Waals surface area contributed by atoms with Crippen LogP contribution in [0.1, 0.15) is 26.1 Å². The third-order valence-corrected chi connectivity index (χ3v) is 5.68. The van der Waals surface area contributed by atoms with Crippen molar-refractivity contribution in [2.45, 2.75) is 26.7 Å². The van der Waals surface area contributed by atoms with Crippen LogP contribution in [0.4, 0.5) is 0 Å². The number of aryl methyl sites for hydroxylation is 1. The lowest BCUT2D eigenvalue weighted by Crippen LogP contribution is -2.06. The maximum atomic E-state index is 12.2. The summed E-state index contributed by atoms with van der Waals surface area (Å²) >= 11 is 3.48. The van der Waals surface area contributed by atoms with Gasteiger partial charge in [-0.2, -0.15) is 0 Å². The Morgan fingerprint density at radius 1 is 1.03 bits per heavy atom. The first-order valence-corrected chi connectivity index (χ1v) is 10.7. The van der Waals surface area contributed by atoms with Gasteiger partial charge in [-0.05, 0) is 36.4 Å². The monoisotopic (exact) mass is 462 g/mol. The molecule has 0 bridgehead atoms. The van der Waals surface area contributed by atoms with Gasteiger partial charge in [0.15, 0.2) is 17.0 Å². The molecule has 0 aliphatic carbocycles. The van der Waals surface area contributed by atoms with Crippen LogP contribution in [0.2, 0.25) is 0 Å². The lowest BCUT2D eigenvalue weighted by atomic mass is 10.3. The van der Waals surface area contributed by atoms with Crippen molar-refractivity contribution in [2.75, 3.05) is 0 Å². The van der Waals surface area contributed by atoms with E-state index in [4.69, 9.17) is 14.7 Å². The van der Waals surface area contributed by atoms with Gasteiger partial charge in [-0.3, -0.25) is 13.8 Å². The van der Waals surface area contributed by atoms with Crippen molar-refractivity contribution in [1.82, 2.24) is 18.9 Å². The Kier molecular flexibility index (Phi) is 4.55. The molecule has 7 heteroatoms. The van der Waals surface area contributed by atoms with E-state index in [1.54, 1.807) is 6.92 Å². The molecule has 6 nitrogen and oxygen atoms in total. The Hall–Kier alpha value is -3.19. The number of rotatable bonds is 4. The number of hydrogen-bond acceptors (Lipinski definition) is 4. The molecule has 5 aromatic rings. The molecule has 0 aliphatic rings. The van der Waals surface area contributed by atoms with E-state index < -0.39 is 0 Å². The third-order valence-electron chi connectivity index (χ3n) is 5.16. The summed E-state index contributed by atoms with van der Waals surface area (Å²) in [5.74, 6) is 1.07. The van der Waals surface area contributed by atoms with Crippen LogP contribution in [0.15, 0.2) is 59.2 Å². The van der Waals surface area contributed by atoms with Crippen molar-refractivity contribution in [3.8, 4) is 11.4 Å². The lowest BCUT2D eigenvalue weighted by Gasteiger charge is -2.08. The molecule has 0 N–H and O–H groups in total. The van der Waals surface area contributed by atoms with Gasteiger partial charge in [0, 0.05) is 23.0 Å². The molecule has 150 valence electrons. The Balaban J connectivity index is 1.91. The number of fused-ring (bicyclic) bond motifs is 5. The largest absolute Gasteiger partial charge is 0.424 e. The molecule has 3 aromatic heterocycles. The second-order valence-corrected chi connectivity index (χ2v) is 7.92. The topological polar surface area (TPSA) is 61.4 Å². The number of nitrogens with zero attached hydrogens (tertiary/aromatic N) is 4. The number of carbonyl (C=O) groups is 1. The van der Waals surface area contributed by atoms with Crippen LogP contribution in [-0.4, -0.2) is 24.9 Å². The molecule has 0 unspecified atom stereocenters. The first kappa shape index (κ1) is 18.8. The van der Waals surface area contributed by atoms with Gasteiger partial charge in [0.25, 0.3) is 0 Å². The first-order chi connectivity index (χ1) is 14.6. The van der Waals surface area contributed by atoms with Gasteiger partial charge >= 0.3 is 5.97 Å². The maximum Gasteiger partial charge on any atom is 0.310 e. The van der Waals surface area contributed by atoms with Gasteiger partial charge in [0.2, 0.25) is 0 Å². The summed E-state index contributed by atoms with van der Waals surface area (Å²) in [5, 5.41) is 0.730. The highest BCUT2D eigenvalue weighted by Crippen LogP contribution is 2.35. The number of esters is 1. The van der Waals surface area contributed by atoms with E-state index in [-0.39, 0.29) is 12.4 Å². The van der Waals surface area contributed by atoms with Crippen LogP contribution in [0.5, 0.6) is 5.75 Å². The predicted molar refractivity (Wildman–Crippen MR) is 120 cm³/mol. The van der Waals surface area contributed by atoms with Crippen LogP contribution >= 0.6 is 15.9 Å². The summed E-state index contributed by atoms with van der Waals surface area (Å²) in [4.78, 5) is 22.0. The quantitative estimate of drug-likeness (QED) is 0.332. The van der Waals surface area contributed by atoms with E-state index in [1.165, 1.54) is 0 Å².